The monoisotopic (exact) mass is 228 g/mol. The average molecular weight is 228 g/mol. The lowest BCUT2D eigenvalue weighted by Gasteiger charge is -2.25. The first-order valence-corrected chi connectivity index (χ1v) is 5.16. The van der Waals surface area contributed by atoms with Crippen LogP contribution in [0.1, 0.15) is 30.9 Å². The highest BCUT2D eigenvalue weighted by Crippen LogP contribution is 2.31. The molecule has 4 heteroatoms. The largest absolute Gasteiger partial charge is 0.481 e. The third-order valence-electron chi connectivity index (χ3n) is 2.85. The van der Waals surface area contributed by atoms with E-state index in [0.717, 1.165) is 0 Å². The van der Waals surface area contributed by atoms with Gasteiger partial charge in [0, 0.05) is 6.42 Å². The minimum atomic E-state index is -1.19. The van der Waals surface area contributed by atoms with Gasteiger partial charge in [0.15, 0.2) is 0 Å². The van der Waals surface area contributed by atoms with E-state index >= 15 is 0 Å². The van der Waals surface area contributed by atoms with E-state index in [4.69, 9.17) is 10.5 Å². The molecule has 0 bridgehead atoms. The number of hydrogen-bond donors (Lipinski definition) is 1. The van der Waals surface area contributed by atoms with Crippen LogP contribution in [0.5, 0.6) is 0 Å². The normalized spacial score (nSPS) is 13.1. The molecule has 1 aromatic rings. The summed E-state index contributed by atoms with van der Waals surface area (Å²) in [5, 5.41) is 26.9. The molecule has 0 radical (unpaired) electrons. The summed E-state index contributed by atoms with van der Waals surface area (Å²) in [6, 6.07) is 10.5. The highest BCUT2D eigenvalue weighted by molar-refractivity contribution is 5.81. The van der Waals surface area contributed by atoms with E-state index in [-0.39, 0.29) is 12.8 Å². The fourth-order valence-electron chi connectivity index (χ4n) is 1.72. The van der Waals surface area contributed by atoms with E-state index in [1.807, 2.05) is 12.1 Å². The van der Waals surface area contributed by atoms with E-state index in [9.17, 15) is 9.90 Å². The van der Waals surface area contributed by atoms with Crippen LogP contribution in [-0.2, 0) is 10.2 Å². The third kappa shape index (κ3) is 2.43. The number of rotatable bonds is 4. The van der Waals surface area contributed by atoms with Crippen molar-refractivity contribution in [3.05, 3.63) is 35.4 Å². The molecule has 0 spiro atoms. The van der Waals surface area contributed by atoms with Gasteiger partial charge in [0.2, 0.25) is 0 Å². The molecule has 0 aliphatic carbocycles. The topological polar surface area (TPSA) is 84.9 Å². The Balaban J connectivity index is 3.29. The van der Waals surface area contributed by atoms with Gasteiger partial charge in [-0.3, -0.25) is 4.79 Å². The van der Waals surface area contributed by atoms with Crippen LogP contribution in [0.3, 0.4) is 0 Å². The average Bonchev–Trinajstić information content (AvgIpc) is 2.35. The summed E-state index contributed by atoms with van der Waals surface area (Å²) < 4.78 is 0. The zero-order valence-electron chi connectivity index (χ0n) is 9.47. The van der Waals surface area contributed by atoms with Crippen LogP contribution in [0, 0.1) is 22.7 Å². The third-order valence-corrected chi connectivity index (χ3v) is 2.85. The van der Waals surface area contributed by atoms with Gasteiger partial charge in [0.1, 0.15) is 0 Å². The van der Waals surface area contributed by atoms with E-state index < -0.39 is 11.4 Å². The standard InChI is InChI=1S/C13H12N2O2/c1-13(12(16)17,7-4-8-14)11-6-3-2-5-10(11)9-15/h2-3,5-6H,4,7H2,1H3,(H,16,17). The molecule has 0 amide bonds. The number of nitriles is 2. The van der Waals surface area contributed by atoms with Crippen molar-refractivity contribution in [2.75, 3.05) is 0 Å². The molecule has 0 fully saturated rings. The first-order chi connectivity index (χ1) is 8.06. The Morgan fingerprint density at radius 2 is 2.06 bits per heavy atom. The van der Waals surface area contributed by atoms with Crippen LogP contribution >= 0.6 is 0 Å². The Labute approximate surface area is 99.7 Å². The number of benzene rings is 1. The van der Waals surface area contributed by atoms with Crippen LogP contribution in [-0.4, -0.2) is 11.1 Å². The SMILES string of the molecule is CC(CCC#N)(C(=O)O)c1ccccc1C#N. The molecule has 0 saturated carbocycles. The van der Waals surface area contributed by atoms with Crippen LogP contribution in [0.25, 0.3) is 0 Å². The lowest BCUT2D eigenvalue weighted by molar-refractivity contribution is -0.143. The fraction of sp³-hybridized carbons (Fsp3) is 0.308. The second kappa shape index (κ2) is 5.14. The first kappa shape index (κ1) is 12.7. The van der Waals surface area contributed by atoms with Crippen molar-refractivity contribution in [2.45, 2.75) is 25.2 Å². The molecular weight excluding hydrogens is 216 g/mol. The Kier molecular flexibility index (Phi) is 3.85. The van der Waals surface area contributed by atoms with Gasteiger partial charge in [0.25, 0.3) is 0 Å². The fourth-order valence-corrected chi connectivity index (χ4v) is 1.72. The Morgan fingerprint density at radius 3 is 2.59 bits per heavy atom. The predicted octanol–water partition coefficient (Wildman–Crippen LogP) is 2.20. The van der Waals surface area contributed by atoms with Crippen LogP contribution in [0.2, 0.25) is 0 Å². The number of hydrogen-bond acceptors (Lipinski definition) is 3. The second-order valence-corrected chi connectivity index (χ2v) is 3.95. The molecule has 0 aliphatic rings. The summed E-state index contributed by atoms with van der Waals surface area (Å²) >= 11 is 0. The first-order valence-electron chi connectivity index (χ1n) is 5.16. The Morgan fingerprint density at radius 1 is 1.41 bits per heavy atom. The number of aliphatic carboxylic acids is 1. The summed E-state index contributed by atoms with van der Waals surface area (Å²) in [6.45, 7) is 1.54. The van der Waals surface area contributed by atoms with Crippen LogP contribution in [0.15, 0.2) is 24.3 Å². The summed E-state index contributed by atoms with van der Waals surface area (Å²) in [5.74, 6) is -1.02. The van der Waals surface area contributed by atoms with Crippen LogP contribution < -0.4 is 0 Å². The molecule has 86 valence electrons. The maximum atomic E-state index is 11.4. The molecule has 0 saturated heterocycles. The molecule has 1 N–H and O–H groups in total. The highest BCUT2D eigenvalue weighted by Gasteiger charge is 2.36. The Bertz CT molecular complexity index is 511. The van der Waals surface area contributed by atoms with Crippen molar-refractivity contribution >= 4 is 5.97 Å². The highest BCUT2D eigenvalue weighted by atomic mass is 16.4. The van der Waals surface area contributed by atoms with Crippen molar-refractivity contribution in [1.82, 2.24) is 0 Å². The predicted molar refractivity (Wildman–Crippen MR) is 61.0 cm³/mol. The van der Waals surface area contributed by atoms with Gasteiger partial charge >= 0.3 is 5.97 Å². The lowest BCUT2D eigenvalue weighted by atomic mass is 9.77. The molecule has 0 aliphatic heterocycles. The van der Waals surface area contributed by atoms with Gasteiger partial charge in [-0.15, -0.1) is 0 Å². The molecule has 17 heavy (non-hydrogen) atoms. The Hall–Kier alpha value is -2.33. The quantitative estimate of drug-likeness (QED) is 0.856. The maximum Gasteiger partial charge on any atom is 0.313 e. The number of carbonyl (C=O) groups is 1. The van der Waals surface area contributed by atoms with Crippen molar-refractivity contribution < 1.29 is 9.90 Å². The number of carboxylic acid groups (broad SMARTS) is 1. The van der Waals surface area contributed by atoms with Gasteiger partial charge in [-0.05, 0) is 25.0 Å². The molecule has 0 heterocycles. The molecule has 1 atom stereocenters. The molecular formula is C13H12N2O2. The van der Waals surface area contributed by atoms with Gasteiger partial charge in [-0.1, -0.05) is 18.2 Å². The molecule has 1 unspecified atom stereocenters. The van der Waals surface area contributed by atoms with Gasteiger partial charge in [-0.25, -0.2) is 0 Å². The summed E-state index contributed by atoms with van der Waals surface area (Å²) in [7, 11) is 0. The van der Waals surface area contributed by atoms with Crippen molar-refractivity contribution in [3.63, 3.8) is 0 Å². The van der Waals surface area contributed by atoms with Crippen LogP contribution in [0.4, 0.5) is 0 Å². The summed E-state index contributed by atoms with van der Waals surface area (Å²) in [4.78, 5) is 11.4. The number of nitrogens with zero attached hydrogens (tertiary/aromatic N) is 2. The molecule has 0 aromatic heterocycles. The van der Waals surface area contributed by atoms with Gasteiger partial charge in [-0.2, -0.15) is 10.5 Å². The molecule has 4 nitrogen and oxygen atoms in total. The lowest BCUT2D eigenvalue weighted by Crippen LogP contribution is -2.33. The van der Waals surface area contributed by atoms with E-state index in [2.05, 4.69) is 0 Å². The minimum Gasteiger partial charge on any atom is -0.481 e. The zero-order valence-corrected chi connectivity index (χ0v) is 9.47. The maximum absolute atomic E-state index is 11.4. The molecule has 1 aromatic carbocycles. The minimum absolute atomic E-state index is 0.141. The van der Waals surface area contributed by atoms with E-state index in [1.165, 1.54) is 0 Å². The van der Waals surface area contributed by atoms with Gasteiger partial charge in [0.05, 0.1) is 23.1 Å². The summed E-state index contributed by atoms with van der Waals surface area (Å²) in [5.41, 5.74) is -0.386. The van der Waals surface area contributed by atoms with E-state index in [0.29, 0.717) is 11.1 Å². The number of carboxylic acids is 1. The van der Waals surface area contributed by atoms with E-state index in [1.54, 1.807) is 31.2 Å². The van der Waals surface area contributed by atoms with Crippen molar-refractivity contribution in [3.8, 4) is 12.1 Å². The smallest absolute Gasteiger partial charge is 0.313 e. The summed E-state index contributed by atoms with van der Waals surface area (Å²) in [6.07, 6.45) is 0.333. The van der Waals surface area contributed by atoms with Gasteiger partial charge < -0.3 is 5.11 Å². The zero-order chi connectivity index (χ0) is 12.9. The molecule has 1 rings (SSSR count). The van der Waals surface area contributed by atoms with Crippen molar-refractivity contribution in [2.24, 2.45) is 0 Å². The van der Waals surface area contributed by atoms with Crippen molar-refractivity contribution in [1.29, 1.82) is 10.5 Å². The second-order valence-electron chi connectivity index (χ2n) is 3.95.